The van der Waals surface area contributed by atoms with E-state index < -0.39 is 0 Å². The Morgan fingerprint density at radius 1 is 1.47 bits per heavy atom. The Bertz CT molecular complexity index is 329. The van der Waals surface area contributed by atoms with Gasteiger partial charge in [0.15, 0.2) is 0 Å². The summed E-state index contributed by atoms with van der Waals surface area (Å²) in [5.41, 5.74) is 1.27. The highest BCUT2D eigenvalue weighted by molar-refractivity contribution is 9.10. The first-order valence-corrected chi connectivity index (χ1v) is 6.13. The average Bonchev–Trinajstić information content (AvgIpc) is 2.67. The van der Waals surface area contributed by atoms with Crippen molar-refractivity contribution in [2.75, 3.05) is 20.2 Å². The van der Waals surface area contributed by atoms with Gasteiger partial charge in [0.25, 0.3) is 0 Å². The van der Waals surface area contributed by atoms with Gasteiger partial charge in [-0.25, -0.2) is 0 Å². The smallest absolute Gasteiger partial charge is 0.0876 e. The molecule has 1 N–H and O–H groups in total. The summed E-state index contributed by atoms with van der Waals surface area (Å²) in [5, 5.41) is 3.23. The Hall–Kier alpha value is -0.380. The van der Waals surface area contributed by atoms with Crippen LogP contribution in [0.15, 0.2) is 28.7 Å². The van der Waals surface area contributed by atoms with Crippen LogP contribution in [-0.4, -0.2) is 20.2 Å². The van der Waals surface area contributed by atoms with E-state index in [0.29, 0.717) is 5.92 Å². The molecule has 0 spiro atoms. The number of hydrogen-bond donors (Lipinski definition) is 1. The van der Waals surface area contributed by atoms with E-state index in [1.54, 1.807) is 0 Å². The molecule has 1 aromatic rings. The quantitative estimate of drug-likeness (QED) is 0.911. The standard InChI is InChI=1S/C12H16BrNO/c1-14-8-9-6-7-15-12(9)10-4-2-3-5-11(10)13/h2-5,9,12,14H,6-8H2,1H3. The molecule has 1 fully saturated rings. The maximum atomic E-state index is 5.82. The molecule has 1 aliphatic rings. The zero-order valence-electron chi connectivity index (χ0n) is 8.87. The molecule has 0 radical (unpaired) electrons. The van der Waals surface area contributed by atoms with Gasteiger partial charge >= 0.3 is 0 Å². The van der Waals surface area contributed by atoms with Crippen molar-refractivity contribution >= 4 is 15.9 Å². The van der Waals surface area contributed by atoms with Crippen molar-refractivity contribution in [1.82, 2.24) is 5.32 Å². The Kier molecular flexibility index (Phi) is 3.78. The first-order chi connectivity index (χ1) is 7.33. The fraction of sp³-hybridized carbons (Fsp3) is 0.500. The van der Waals surface area contributed by atoms with E-state index in [1.165, 1.54) is 5.56 Å². The van der Waals surface area contributed by atoms with Crippen LogP contribution in [0.3, 0.4) is 0 Å². The molecule has 1 aliphatic heterocycles. The number of ether oxygens (including phenoxy) is 1. The lowest BCUT2D eigenvalue weighted by atomic mass is 9.95. The van der Waals surface area contributed by atoms with Crippen LogP contribution in [0.4, 0.5) is 0 Å². The second kappa shape index (κ2) is 5.10. The molecule has 2 atom stereocenters. The Balaban J connectivity index is 2.19. The normalized spacial score (nSPS) is 25.7. The summed E-state index contributed by atoms with van der Waals surface area (Å²) in [4.78, 5) is 0. The maximum absolute atomic E-state index is 5.82. The van der Waals surface area contributed by atoms with Gasteiger partial charge in [0, 0.05) is 23.5 Å². The third kappa shape index (κ3) is 2.41. The summed E-state index contributed by atoms with van der Waals surface area (Å²) in [7, 11) is 2.00. The third-order valence-electron chi connectivity index (χ3n) is 2.89. The number of benzene rings is 1. The predicted molar refractivity (Wildman–Crippen MR) is 64.9 cm³/mol. The molecule has 0 aliphatic carbocycles. The van der Waals surface area contributed by atoms with E-state index in [4.69, 9.17) is 4.74 Å². The highest BCUT2D eigenvalue weighted by Gasteiger charge is 2.29. The van der Waals surface area contributed by atoms with Crippen LogP contribution in [-0.2, 0) is 4.74 Å². The van der Waals surface area contributed by atoms with E-state index in [-0.39, 0.29) is 6.10 Å². The van der Waals surface area contributed by atoms with Crippen molar-refractivity contribution in [3.8, 4) is 0 Å². The van der Waals surface area contributed by atoms with Crippen molar-refractivity contribution in [2.45, 2.75) is 12.5 Å². The van der Waals surface area contributed by atoms with E-state index in [9.17, 15) is 0 Å². The van der Waals surface area contributed by atoms with Crippen LogP contribution in [0, 0.1) is 5.92 Å². The molecule has 0 aromatic heterocycles. The summed E-state index contributed by atoms with van der Waals surface area (Å²) < 4.78 is 6.97. The summed E-state index contributed by atoms with van der Waals surface area (Å²) >= 11 is 3.58. The molecule has 2 rings (SSSR count). The SMILES string of the molecule is CNCC1CCOC1c1ccccc1Br. The minimum Gasteiger partial charge on any atom is -0.373 e. The summed E-state index contributed by atoms with van der Waals surface area (Å²) in [6, 6.07) is 8.32. The van der Waals surface area contributed by atoms with Crippen LogP contribution >= 0.6 is 15.9 Å². The molecule has 1 saturated heterocycles. The van der Waals surface area contributed by atoms with Crippen molar-refractivity contribution in [2.24, 2.45) is 5.92 Å². The lowest BCUT2D eigenvalue weighted by Crippen LogP contribution is -2.21. The fourth-order valence-corrected chi connectivity index (χ4v) is 2.67. The lowest BCUT2D eigenvalue weighted by Gasteiger charge is -2.19. The van der Waals surface area contributed by atoms with Gasteiger partial charge in [0.1, 0.15) is 0 Å². The topological polar surface area (TPSA) is 21.3 Å². The highest BCUT2D eigenvalue weighted by Crippen LogP contribution is 2.37. The molecular weight excluding hydrogens is 254 g/mol. The second-order valence-corrected chi connectivity index (χ2v) is 4.77. The monoisotopic (exact) mass is 269 g/mol. The number of rotatable bonds is 3. The first kappa shape index (κ1) is 11.1. The van der Waals surface area contributed by atoms with Gasteiger partial charge in [-0.3, -0.25) is 0 Å². The van der Waals surface area contributed by atoms with Crippen LogP contribution in [0.5, 0.6) is 0 Å². The van der Waals surface area contributed by atoms with E-state index in [1.807, 2.05) is 13.1 Å². The zero-order chi connectivity index (χ0) is 10.7. The molecule has 3 heteroatoms. The van der Waals surface area contributed by atoms with Gasteiger partial charge in [-0.2, -0.15) is 0 Å². The molecule has 0 saturated carbocycles. The average molecular weight is 270 g/mol. The molecule has 1 heterocycles. The molecule has 2 unspecified atom stereocenters. The number of nitrogens with one attached hydrogen (secondary N) is 1. The van der Waals surface area contributed by atoms with Gasteiger partial charge in [-0.1, -0.05) is 34.1 Å². The lowest BCUT2D eigenvalue weighted by molar-refractivity contribution is 0.0904. The van der Waals surface area contributed by atoms with Crippen LogP contribution in [0.1, 0.15) is 18.1 Å². The first-order valence-electron chi connectivity index (χ1n) is 5.33. The van der Waals surface area contributed by atoms with Crippen molar-refractivity contribution in [3.63, 3.8) is 0 Å². The fourth-order valence-electron chi connectivity index (χ4n) is 2.15. The molecule has 0 amide bonds. The molecule has 0 bridgehead atoms. The highest BCUT2D eigenvalue weighted by atomic mass is 79.9. The van der Waals surface area contributed by atoms with Crippen molar-refractivity contribution < 1.29 is 4.74 Å². The zero-order valence-corrected chi connectivity index (χ0v) is 10.5. The van der Waals surface area contributed by atoms with Gasteiger partial charge in [0.05, 0.1) is 6.10 Å². The third-order valence-corrected chi connectivity index (χ3v) is 3.61. The van der Waals surface area contributed by atoms with E-state index in [2.05, 4.69) is 39.4 Å². The van der Waals surface area contributed by atoms with Gasteiger partial charge in [-0.15, -0.1) is 0 Å². The van der Waals surface area contributed by atoms with E-state index in [0.717, 1.165) is 24.0 Å². The number of halogens is 1. The molecular formula is C12H16BrNO. The largest absolute Gasteiger partial charge is 0.373 e. The number of hydrogen-bond acceptors (Lipinski definition) is 2. The molecule has 2 nitrogen and oxygen atoms in total. The Labute approximate surface area is 99.1 Å². The second-order valence-electron chi connectivity index (χ2n) is 3.92. The Morgan fingerprint density at radius 2 is 2.27 bits per heavy atom. The molecule has 1 aromatic carbocycles. The Morgan fingerprint density at radius 3 is 3.00 bits per heavy atom. The minimum absolute atomic E-state index is 0.244. The predicted octanol–water partition coefficient (Wildman–Crippen LogP) is 2.75. The molecule has 82 valence electrons. The summed E-state index contributed by atoms with van der Waals surface area (Å²) in [6.45, 7) is 1.89. The van der Waals surface area contributed by atoms with Gasteiger partial charge in [0.2, 0.25) is 0 Å². The van der Waals surface area contributed by atoms with Crippen LogP contribution < -0.4 is 5.32 Å². The summed E-state index contributed by atoms with van der Waals surface area (Å²) in [5.74, 6) is 0.591. The molecule has 15 heavy (non-hydrogen) atoms. The minimum atomic E-state index is 0.244. The maximum Gasteiger partial charge on any atom is 0.0876 e. The van der Waals surface area contributed by atoms with Crippen molar-refractivity contribution in [1.29, 1.82) is 0 Å². The summed E-state index contributed by atoms with van der Waals surface area (Å²) in [6.07, 6.45) is 1.39. The van der Waals surface area contributed by atoms with Gasteiger partial charge in [-0.05, 0) is 25.1 Å². The van der Waals surface area contributed by atoms with E-state index >= 15 is 0 Å². The van der Waals surface area contributed by atoms with Crippen LogP contribution in [0.2, 0.25) is 0 Å². The van der Waals surface area contributed by atoms with Gasteiger partial charge < -0.3 is 10.1 Å². The van der Waals surface area contributed by atoms with Crippen molar-refractivity contribution in [3.05, 3.63) is 34.3 Å². The van der Waals surface area contributed by atoms with Crippen LogP contribution in [0.25, 0.3) is 0 Å².